The molecule has 1 heterocycles. The van der Waals surface area contributed by atoms with Crippen molar-refractivity contribution in [2.75, 3.05) is 13.2 Å². The largest absolute Gasteiger partial charge is 0.495 e. The van der Waals surface area contributed by atoms with Gasteiger partial charge in [0.1, 0.15) is 6.61 Å². The van der Waals surface area contributed by atoms with Gasteiger partial charge in [0.2, 0.25) is 0 Å². The Morgan fingerprint density at radius 2 is 2.54 bits per heavy atom. The van der Waals surface area contributed by atoms with Gasteiger partial charge in [0.25, 0.3) is 0 Å². The van der Waals surface area contributed by atoms with E-state index in [2.05, 4.69) is 12.2 Å². The fourth-order valence-corrected chi connectivity index (χ4v) is 1.88. The molecule has 1 aliphatic carbocycles. The highest BCUT2D eigenvalue weighted by molar-refractivity contribution is 5.28. The van der Waals surface area contributed by atoms with E-state index in [0.29, 0.717) is 0 Å². The standard InChI is InChI=1S/C11H16O2/c1-2-12-10-7-9-5-3-4-6-11(9)13-8-10/h3,5,10H,2,4,6-8H2,1H3. The highest BCUT2D eigenvalue weighted by Crippen LogP contribution is 2.28. The molecule has 0 bridgehead atoms. The molecule has 1 atom stereocenters. The quantitative estimate of drug-likeness (QED) is 0.649. The lowest BCUT2D eigenvalue weighted by Crippen LogP contribution is -2.25. The zero-order valence-electron chi connectivity index (χ0n) is 8.08. The molecule has 2 rings (SSSR count). The smallest absolute Gasteiger partial charge is 0.114 e. The summed E-state index contributed by atoms with van der Waals surface area (Å²) < 4.78 is 11.2. The van der Waals surface area contributed by atoms with Crippen LogP contribution in [0.5, 0.6) is 0 Å². The Morgan fingerprint density at radius 1 is 1.62 bits per heavy atom. The first-order valence-electron chi connectivity index (χ1n) is 5.03. The molecule has 1 aliphatic heterocycles. The van der Waals surface area contributed by atoms with Gasteiger partial charge in [-0.05, 0) is 18.9 Å². The summed E-state index contributed by atoms with van der Waals surface area (Å²) in [6.45, 7) is 3.54. The summed E-state index contributed by atoms with van der Waals surface area (Å²) in [4.78, 5) is 0. The molecule has 0 saturated heterocycles. The zero-order valence-corrected chi connectivity index (χ0v) is 8.08. The van der Waals surface area contributed by atoms with Crippen LogP contribution in [0.3, 0.4) is 0 Å². The van der Waals surface area contributed by atoms with E-state index in [0.717, 1.165) is 32.5 Å². The molecular weight excluding hydrogens is 164 g/mol. The molecular formula is C11H16O2. The molecule has 0 saturated carbocycles. The van der Waals surface area contributed by atoms with Crippen molar-refractivity contribution in [1.29, 1.82) is 0 Å². The van der Waals surface area contributed by atoms with E-state index in [1.54, 1.807) is 0 Å². The van der Waals surface area contributed by atoms with Gasteiger partial charge in [0.15, 0.2) is 0 Å². The third kappa shape index (κ3) is 1.94. The first kappa shape index (κ1) is 8.82. The first-order chi connectivity index (χ1) is 6.40. The Balaban J connectivity index is 2.01. The average Bonchev–Trinajstić information content (AvgIpc) is 2.18. The summed E-state index contributed by atoms with van der Waals surface area (Å²) in [6, 6.07) is 0. The van der Waals surface area contributed by atoms with Crippen LogP contribution in [0.1, 0.15) is 26.2 Å². The monoisotopic (exact) mass is 180 g/mol. The van der Waals surface area contributed by atoms with E-state index in [4.69, 9.17) is 9.47 Å². The molecule has 0 N–H and O–H groups in total. The number of hydrogen-bond donors (Lipinski definition) is 0. The first-order valence-corrected chi connectivity index (χ1v) is 5.03. The van der Waals surface area contributed by atoms with Crippen molar-refractivity contribution in [3.8, 4) is 0 Å². The van der Waals surface area contributed by atoms with Gasteiger partial charge in [-0.15, -0.1) is 0 Å². The van der Waals surface area contributed by atoms with E-state index in [-0.39, 0.29) is 6.10 Å². The van der Waals surface area contributed by atoms with Crippen LogP contribution in [0, 0.1) is 0 Å². The summed E-state index contributed by atoms with van der Waals surface area (Å²) in [6.07, 6.45) is 7.90. The summed E-state index contributed by atoms with van der Waals surface area (Å²) in [5, 5.41) is 0. The minimum absolute atomic E-state index is 0.270. The third-order valence-electron chi connectivity index (χ3n) is 2.51. The summed E-state index contributed by atoms with van der Waals surface area (Å²) in [5.41, 5.74) is 1.34. The lowest BCUT2D eigenvalue weighted by Gasteiger charge is -2.28. The fraction of sp³-hybridized carbons (Fsp3) is 0.636. The lowest BCUT2D eigenvalue weighted by atomic mass is 9.97. The number of allylic oxidation sites excluding steroid dienone is 3. The van der Waals surface area contributed by atoms with Gasteiger partial charge in [0.05, 0.1) is 11.9 Å². The Hall–Kier alpha value is -0.760. The maximum absolute atomic E-state index is 5.65. The predicted molar refractivity (Wildman–Crippen MR) is 51.4 cm³/mol. The van der Waals surface area contributed by atoms with E-state index in [1.165, 1.54) is 11.3 Å². The molecule has 72 valence electrons. The molecule has 0 aromatic rings. The second-order valence-corrected chi connectivity index (χ2v) is 3.48. The maximum Gasteiger partial charge on any atom is 0.114 e. The average molecular weight is 180 g/mol. The maximum atomic E-state index is 5.65. The molecule has 1 unspecified atom stereocenters. The highest BCUT2D eigenvalue weighted by Gasteiger charge is 2.21. The van der Waals surface area contributed by atoms with Crippen LogP contribution in [-0.4, -0.2) is 19.3 Å². The summed E-state index contributed by atoms with van der Waals surface area (Å²) >= 11 is 0. The fourth-order valence-electron chi connectivity index (χ4n) is 1.88. The number of rotatable bonds is 2. The molecule has 2 aliphatic rings. The van der Waals surface area contributed by atoms with E-state index >= 15 is 0 Å². The van der Waals surface area contributed by atoms with Crippen LogP contribution in [0.2, 0.25) is 0 Å². The Bertz CT molecular complexity index is 240. The van der Waals surface area contributed by atoms with Crippen LogP contribution in [0.4, 0.5) is 0 Å². The summed E-state index contributed by atoms with van der Waals surface area (Å²) in [7, 11) is 0. The molecule has 0 spiro atoms. The molecule has 0 fully saturated rings. The van der Waals surface area contributed by atoms with Crippen LogP contribution >= 0.6 is 0 Å². The van der Waals surface area contributed by atoms with Crippen LogP contribution in [0.25, 0.3) is 0 Å². The second-order valence-electron chi connectivity index (χ2n) is 3.48. The van der Waals surface area contributed by atoms with E-state index in [1.807, 2.05) is 6.92 Å². The van der Waals surface area contributed by atoms with Crippen molar-refractivity contribution in [3.05, 3.63) is 23.5 Å². The normalized spacial score (nSPS) is 27.0. The van der Waals surface area contributed by atoms with Crippen LogP contribution < -0.4 is 0 Å². The molecule has 0 amide bonds. The Kier molecular flexibility index (Phi) is 2.69. The topological polar surface area (TPSA) is 18.5 Å². The van der Waals surface area contributed by atoms with Gasteiger partial charge in [0, 0.05) is 19.4 Å². The van der Waals surface area contributed by atoms with Gasteiger partial charge in [-0.2, -0.15) is 0 Å². The summed E-state index contributed by atoms with van der Waals surface area (Å²) in [5.74, 6) is 1.19. The van der Waals surface area contributed by atoms with E-state index in [9.17, 15) is 0 Å². The Labute approximate surface area is 79.2 Å². The van der Waals surface area contributed by atoms with E-state index < -0.39 is 0 Å². The molecule has 0 aromatic carbocycles. The minimum atomic E-state index is 0.270. The molecule has 0 aromatic heterocycles. The zero-order chi connectivity index (χ0) is 9.10. The van der Waals surface area contributed by atoms with Crippen molar-refractivity contribution >= 4 is 0 Å². The van der Waals surface area contributed by atoms with Crippen LogP contribution in [0.15, 0.2) is 23.5 Å². The number of ether oxygens (including phenoxy) is 2. The van der Waals surface area contributed by atoms with Crippen molar-refractivity contribution in [2.45, 2.75) is 32.3 Å². The highest BCUT2D eigenvalue weighted by atomic mass is 16.5. The Morgan fingerprint density at radius 3 is 3.38 bits per heavy atom. The minimum Gasteiger partial charge on any atom is -0.495 e. The molecule has 13 heavy (non-hydrogen) atoms. The predicted octanol–water partition coefficient (Wildman–Crippen LogP) is 2.42. The number of hydrogen-bond acceptors (Lipinski definition) is 2. The van der Waals surface area contributed by atoms with Gasteiger partial charge in [-0.3, -0.25) is 0 Å². The SMILES string of the molecule is CCOC1COC2=C(C=CCC2)C1. The molecule has 0 radical (unpaired) electrons. The van der Waals surface area contributed by atoms with Crippen molar-refractivity contribution in [2.24, 2.45) is 0 Å². The third-order valence-corrected chi connectivity index (χ3v) is 2.51. The second kappa shape index (κ2) is 3.97. The lowest BCUT2D eigenvalue weighted by molar-refractivity contribution is -0.00552. The molecule has 2 heteroatoms. The molecule has 2 nitrogen and oxygen atoms in total. The van der Waals surface area contributed by atoms with Gasteiger partial charge < -0.3 is 9.47 Å². The van der Waals surface area contributed by atoms with Gasteiger partial charge in [-0.25, -0.2) is 0 Å². The van der Waals surface area contributed by atoms with Crippen molar-refractivity contribution < 1.29 is 9.47 Å². The van der Waals surface area contributed by atoms with Crippen LogP contribution in [-0.2, 0) is 9.47 Å². The van der Waals surface area contributed by atoms with Gasteiger partial charge >= 0.3 is 0 Å². The van der Waals surface area contributed by atoms with Gasteiger partial charge in [-0.1, -0.05) is 12.2 Å². The van der Waals surface area contributed by atoms with Crippen molar-refractivity contribution in [1.82, 2.24) is 0 Å². The van der Waals surface area contributed by atoms with Crippen molar-refractivity contribution in [3.63, 3.8) is 0 Å².